The van der Waals surface area contributed by atoms with Crippen molar-refractivity contribution in [2.24, 2.45) is 7.05 Å². The van der Waals surface area contributed by atoms with Gasteiger partial charge in [-0.3, -0.25) is 0 Å². The second kappa shape index (κ2) is 7.22. The van der Waals surface area contributed by atoms with Crippen molar-refractivity contribution in [3.05, 3.63) is 51.0 Å². The van der Waals surface area contributed by atoms with E-state index in [1.807, 2.05) is 18.2 Å². The largest absolute Gasteiger partial charge is 0.356 e. The Bertz CT molecular complexity index is 797. The van der Waals surface area contributed by atoms with E-state index in [0.29, 0.717) is 38.8 Å². The van der Waals surface area contributed by atoms with Crippen LogP contribution in [0.3, 0.4) is 0 Å². The third-order valence-corrected chi connectivity index (χ3v) is 5.70. The molecule has 0 aliphatic heterocycles. The van der Waals surface area contributed by atoms with Gasteiger partial charge in [0.2, 0.25) is 5.95 Å². The summed E-state index contributed by atoms with van der Waals surface area (Å²) in [5.74, 6) is -0.392. The molecule has 1 aliphatic rings. The standard InChI is InChI=1S/C18H20Cl2FN3S/c1-10(9-13-14(19)5-4-6-15(13)20)24(12-7-8-12)18(25)16-11(2)22-23(3)17(16)21/h4-6,10,12H,7-9H2,1-3H3. The Hall–Kier alpha value is -1.17. The number of aryl methyl sites for hydroxylation is 2. The third-order valence-electron chi connectivity index (χ3n) is 4.58. The summed E-state index contributed by atoms with van der Waals surface area (Å²) in [6, 6.07) is 5.89. The van der Waals surface area contributed by atoms with Gasteiger partial charge < -0.3 is 4.90 Å². The summed E-state index contributed by atoms with van der Waals surface area (Å²) in [5, 5.41) is 5.44. The molecule has 3 rings (SSSR count). The minimum absolute atomic E-state index is 0.0522. The van der Waals surface area contributed by atoms with Crippen molar-refractivity contribution in [1.29, 1.82) is 0 Å². The molecule has 0 radical (unpaired) electrons. The molecule has 0 spiro atoms. The molecule has 0 bridgehead atoms. The lowest BCUT2D eigenvalue weighted by Crippen LogP contribution is -2.41. The Labute approximate surface area is 162 Å². The van der Waals surface area contributed by atoms with Crippen molar-refractivity contribution in [3.8, 4) is 0 Å². The van der Waals surface area contributed by atoms with Gasteiger partial charge in [0.15, 0.2) is 0 Å². The van der Waals surface area contributed by atoms with Crippen molar-refractivity contribution >= 4 is 40.4 Å². The van der Waals surface area contributed by atoms with Gasteiger partial charge in [-0.2, -0.15) is 9.49 Å². The smallest absolute Gasteiger partial charge is 0.221 e. The number of benzene rings is 1. The average molecular weight is 400 g/mol. The Morgan fingerprint density at radius 3 is 2.48 bits per heavy atom. The molecule has 134 valence electrons. The first-order chi connectivity index (χ1) is 11.8. The Morgan fingerprint density at radius 2 is 2.00 bits per heavy atom. The number of nitrogens with zero attached hydrogens (tertiary/aromatic N) is 3. The molecule has 1 aromatic heterocycles. The second-order valence-corrected chi connectivity index (χ2v) is 7.77. The van der Waals surface area contributed by atoms with E-state index in [-0.39, 0.29) is 6.04 Å². The Balaban J connectivity index is 1.90. The van der Waals surface area contributed by atoms with Gasteiger partial charge in [-0.05, 0) is 50.8 Å². The summed E-state index contributed by atoms with van der Waals surface area (Å²) < 4.78 is 15.7. The van der Waals surface area contributed by atoms with Crippen LogP contribution >= 0.6 is 35.4 Å². The highest BCUT2D eigenvalue weighted by atomic mass is 35.5. The predicted octanol–water partition coefficient (Wildman–Crippen LogP) is 4.95. The molecule has 1 aliphatic carbocycles. The molecular weight excluding hydrogens is 380 g/mol. The Morgan fingerprint density at radius 1 is 1.40 bits per heavy atom. The third kappa shape index (κ3) is 3.69. The van der Waals surface area contributed by atoms with Crippen molar-refractivity contribution in [2.75, 3.05) is 0 Å². The van der Waals surface area contributed by atoms with E-state index in [9.17, 15) is 4.39 Å². The first kappa shape index (κ1) is 18.6. The van der Waals surface area contributed by atoms with Crippen LogP contribution in [0.5, 0.6) is 0 Å². The predicted molar refractivity (Wildman–Crippen MR) is 104 cm³/mol. The molecule has 25 heavy (non-hydrogen) atoms. The molecule has 7 heteroatoms. The van der Waals surface area contributed by atoms with Crippen LogP contribution in [-0.2, 0) is 13.5 Å². The molecule has 0 N–H and O–H groups in total. The number of hydrogen-bond acceptors (Lipinski definition) is 2. The van der Waals surface area contributed by atoms with Crippen molar-refractivity contribution in [2.45, 2.75) is 45.2 Å². The van der Waals surface area contributed by atoms with Crippen LogP contribution in [0.1, 0.15) is 36.6 Å². The summed E-state index contributed by atoms with van der Waals surface area (Å²) in [5.41, 5.74) is 1.93. The molecule has 1 heterocycles. The molecule has 1 atom stereocenters. The zero-order valence-corrected chi connectivity index (χ0v) is 16.7. The maximum Gasteiger partial charge on any atom is 0.221 e. The van der Waals surface area contributed by atoms with E-state index in [2.05, 4.69) is 16.9 Å². The summed E-state index contributed by atoms with van der Waals surface area (Å²) in [6.45, 7) is 3.86. The van der Waals surface area contributed by atoms with E-state index in [1.54, 1.807) is 14.0 Å². The van der Waals surface area contributed by atoms with Crippen molar-refractivity contribution in [1.82, 2.24) is 14.7 Å². The van der Waals surface area contributed by atoms with E-state index in [4.69, 9.17) is 35.4 Å². The lowest BCUT2D eigenvalue weighted by molar-refractivity contribution is 0.323. The fourth-order valence-corrected chi connectivity index (χ4v) is 4.31. The van der Waals surface area contributed by atoms with Gasteiger partial charge in [0.05, 0.1) is 11.3 Å². The molecule has 0 saturated heterocycles. The van der Waals surface area contributed by atoms with E-state index in [0.717, 1.165) is 18.4 Å². The average Bonchev–Trinajstić information content (AvgIpc) is 3.32. The van der Waals surface area contributed by atoms with Crippen molar-refractivity contribution in [3.63, 3.8) is 0 Å². The summed E-state index contributed by atoms with van der Waals surface area (Å²) in [7, 11) is 1.59. The zero-order valence-electron chi connectivity index (χ0n) is 14.4. The van der Waals surface area contributed by atoms with Crippen LogP contribution in [-0.4, -0.2) is 31.8 Å². The van der Waals surface area contributed by atoms with Crippen LogP contribution in [0.2, 0.25) is 10.0 Å². The lowest BCUT2D eigenvalue weighted by Gasteiger charge is -2.32. The highest BCUT2D eigenvalue weighted by Crippen LogP contribution is 2.34. The lowest BCUT2D eigenvalue weighted by atomic mass is 10.0. The van der Waals surface area contributed by atoms with E-state index >= 15 is 0 Å². The van der Waals surface area contributed by atoms with Gasteiger partial charge in [-0.15, -0.1) is 0 Å². The normalized spacial score (nSPS) is 15.3. The second-order valence-electron chi connectivity index (χ2n) is 6.57. The van der Waals surface area contributed by atoms with Gasteiger partial charge >= 0.3 is 0 Å². The number of halogens is 3. The number of aromatic nitrogens is 2. The van der Waals surface area contributed by atoms with E-state index < -0.39 is 5.95 Å². The van der Waals surface area contributed by atoms with Gasteiger partial charge in [0.25, 0.3) is 0 Å². The summed E-state index contributed by atoms with van der Waals surface area (Å²) in [4.78, 5) is 2.64. The quantitative estimate of drug-likeness (QED) is 0.663. The van der Waals surface area contributed by atoms with Gasteiger partial charge in [-0.25, -0.2) is 4.68 Å². The van der Waals surface area contributed by atoms with Crippen LogP contribution in [0.15, 0.2) is 18.2 Å². The van der Waals surface area contributed by atoms with Gasteiger partial charge in [0, 0.05) is 29.2 Å². The number of hydrogen-bond donors (Lipinski definition) is 0. The summed E-state index contributed by atoms with van der Waals surface area (Å²) >= 11 is 18.3. The zero-order chi connectivity index (χ0) is 18.3. The fraction of sp³-hybridized carbons (Fsp3) is 0.444. The van der Waals surface area contributed by atoms with E-state index in [1.165, 1.54) is 4.68 Å². The number of rotatable bonds is 5. The maximum atomic E-state index is 14.5. The molecular formula is C18H20Cl2FN3S. The molecule has 3 nitrogen and oxygen atoms in total. The highest BCUT2D eigenvalue weighted by molar-refractivity contribution is 7.80. The first-order valence-corrected chi connectivity index (χ1v) is 9.42. The molecule has 2 aromatic rings. The molecule has 1 saturated carbocycles. The van der Waals surface area contributed by atoms with Crippen LogP contribution in [0.4, 0.5) is 4.39 Å². The number of thiocarbonyl (C=S) groups is 1. The molecule has 1 unspecified atom stereocenters. The molecule has 1 fully saturated rings. The fourth-order valence-electron chi connectivity index (χ4n) is 3.20. The van der Waals surface area contributed by atoms with Gasteiger partial charge in [0.1, 0.15) is 4.99 Å². The highest BCUT2D eigenvalue weighted by Gasteiger charge is 2.36. The Kier molecular flexibility index (Phi) is 5.37. The van der Waals surface area contributed by atoms with Crippen molar-refractivity contribution < 1.29 is 4.39 Å². The minimum atomic E-state index is -0.392. The SMILES string of the molecule is Cc1nn(C)c(F)c1C(=S)N(C(C)Cc1c(Cl)cccc1Cl)C1CC1. The van der Waals surface area contributed by atoms with Gasteiger partial charge in [-0.1, -0.05) is 41.5 Å². The topological polar surface area (TPSA) is 21.1 Å². The van der Waals surface area contributed by atoms with Crippen LogP contribution in [0, 0.1) is 12.9 Å². The first-order valence-electron chi connectivity index (χ1n) is 8.26. The monoisotopic (exact) mass is 399 g/mol. The van der Waals surface area contributed by atoms with Crippen LogP contribution in [0.25, 0.3) is 0 Å². The van der Waals surface area contributed by atoms with Crippen LogP contribution < -0.4 is 0 Å². The maximum absolute atomic E-state index is 14.5. The molecule has 1 aromatic carbocycles. The molecule has 0 amide bonds. The summed E-state index contributed by atoms with van der Waals surface area (Å²) in [6.07, 6.45) is 2.76. The minimum Gasteiger partial charge on any atom is -0.356 e.